The van der Waals surface area contributed by atoms with Gasteiger partial charge >= 0.3 is 0 Å². The molecule has 2 aromatic rings. The van der Waals surface area contributed by atoms with Gasteiger partial charge in [0.25, 0.3) is 5.56 Å². The van der Waals surface area contributed by atoms with Crippen molar-refractivity contribution in [3.05, 3.63) is 46.2 Å². The van der Waals surface area contributed by atoms with E-state index in [9.17, 15) is 4.79 Å². The van der Waals surface area contributed by atoms with Crippen LogP contribution >= 0.6 is 0 Å². The summed E-state index contributed by atoms with van der Waals surface area (Å²) in [6.07, 6.45) is 0.870. The molecule has 0 saturated carbocycles. The van der Waals surface area contributed by atoms with Gasteiger partial charge in [-0.2, -0.15) is 0 Å². The molecule has 0 radical (unpaired) electrons. The van der Waals surface area contributed by atoms with Gasteiger partial charge in [0, 0.05) is 24.0 Å². The van der Waals surface area contributed by atoms with Gasteiger partial charge in [-0.15, -0.1) is 0 Å². The Morgan fingerprint density at radius 1 is 1.35 bits per heavy atom. The highest BCUT2D eigenvalue weighted by Crippen LogP contribution is 2.16. The van der Waals surface area contributed by atoms with E-state index in [-0.39, 0.29) is 11.6 Å². The van der Waals surface area contributed by atoms with Gasteiger partial charge in [0.05, 0.1) is 5.52 Å². The summed E-state index contributed by atoms with van der Waals surface area (Å²) in [7, 11) is 0. The standard InChI is InChI=1S/C14H18N2O/c1-3-11(15)9-16-13-7-5-4-6-12(13)10(2)8-14(16)17/h4-8,11H,3,9,15H2,1-2H3. The molecule has 2 rings (SSSR count). The number of benzene rings is 1. The molecule has 17 heavy (non-hydrogen) atoms. The fourth-order valence-electron chi connectivity index (χ4n) is 2.05. The topological polar surface area (TPSA) is 48.0 Å². The Morgan fingerprint density at radius 3 is 2.76 bits per heavy atom. The molecule has 0 aliphatic heterocycles. The summed E-state index contributed by atoms with van der Waals surface area (Å²) in [6, 6.07) is 9.67. The zero-order valence-corrected chi connectivity index (χ0v) is 10.3. The molecule has 0 aliphatic rings. The van der Waals surface area contributed by atoms with E-state index in [1.807, 2.05) is 38.1 Å². The van der Waals surface area contributed by atoms with Crippen LogP contribution in [0.3, 0.4) is 0 Å². The first kappa shape index (κ1) is 11.9. The highest BCUT2D eigenvalue weighted by atomic mass is 16.1. The minimum Gasteiger partial charge on any atom is -0.326 e. The smallest absolute Gasteiger partial charge is 0.251 e. The predicted octanol–water partition coefficient (Wildman–Crippen LogP) is 2.05. The second-order valence-corrected chi connectivity index (χ2v) is 4.46. The van der Waals surface area contributed by atoms with Gasteiger partial charge < -0.3 is 10.3 Å². The third-order valence-corrected chi connectivity index (χ3v) is 3.17. The SMILES string of the molecule is CCC(N)Cn1c(=O)cc(C)c2ccccc21. The summed E-state index contributed by atoms with van der Waals surface area (Å²) < 4.78 is 1.77. The van der Waals surface area contributed by atoms with Crippen LogP contribution in [0.15, 0.2) is 35.1 Å². The van der Waals surface area contributed by atoms with Crippen molar-refractivity contribution in [3.63, 3.8) is 0 Å². The van der Waals surface area contributed by atoms with Gasteiger partial charge in [-0.3, -0.25) is 4.79 Å². The fraction of sp³-hybridized carbons (Fsp3) is 0.357. The first-order valence-corrected chi connectivity index (χ1v) is 5.98. The molecule has 3 heteroatoms. The molecule has 0 amide bonds. The van der Waals surface area contributed by atoms with Crippen LogP contribution in [0, 0.1) is 6.92 Å². The van der Waals surface area contributed by atoms with Crippen LogP contribution in [0.1, 0.15) is 18.9 Å². The lowest BCUT2D eigenvalue weighted by Gasteiger charge is -2.15. The maximum Gasteiger partial charge on any atom is 0.251 e. The Labute approximate surface area is 101 Å². The number of para-hydroxylation sites is 1. The van der Waals surface area contributed by atoms with Crippen LogP contribution in [0.2, 0.25) is 0 Å². The molecule has 0 bridgehead atoms. The van der Waals surface area contributed by atoms with Gasteiger partial charge in [-0.05, 0) is 25.0 Å². The van der Waals surface area contributed by atoms with Gasteiger partial charge in [0.15, 0.2) is 0 Å². The van der Waals surface area contributed by atoms with Crippen LogP contribution in [0.25, 0.3) is 10.9 Å². The zero-order valence-electron chi connectivity index (χ0n) is 10.3. The molecular weight excluding hydrogens is 212 g/mol. The van der Waals surface area contributed by atoms with E-state index in [0.717, 1.165) is 22.9 Å². The summed E-state index contributed by atoms with van der Waals surface area (Å²) in [5.41, 5.74) is 7.97. The maximum atomic E-state index is 12.0. The molecule has 1 aromatic carbocycles. The molecular formula is C14H18N2O. The Hall–Kier alpha value is -1.61. The van der Waals surface area contributed by atoms with Crippen LogP contribution in [-0.2, 0) is 6.54 Å². The number of rotatable bonds is 3. The Kier molecular flexibility index (Phi) is 3.29. The van der Waals surface area contributed by atoms with E-state index in [1.165, 1.54) is 0 Å². The molecule has 90 valence electrons. The Bertz CT molecular complexity index is 586. The van der Waals surface area contributed by atoms with Crippen LogP contribution < -0.4 is 11.3 Å². The number of nitrogens with two attached hydrogens (primary N) is 1. The van der Waals surface area contributed by atoms with E-state index < -0.39 is 0 Å². The van der Waals surface area contributed by atoms with Gasteiger partial charge in [0.2, 0.25) is 0 Å². The second kappa shape index (κ2) is 4.72. The fourth-order valence-corrected chi connectivity index (χ4v) is 2.05. The van der Waals surface area contributed by atoms with Gasteiger partial charge in [-0.1, -0.05) is 25.1 Å². The molecule has 3 nitrogen and oxygen atoms in total. The van der Waals surface area contributed by atoms with E-state index >= 15 is 0 Å². The highest BCUT2D eigenvalue weighted by molar-refractivity contribution is 5.82. The molecule has 1 heterocycles. The first-order chi connectivity index (χ1) is 8.13. The van der Waals surface area contributed by atoms with Gasteiger partial charge in [-0.25, -0.2) is 0 Å². The van der Waals surface area contributed by atoms with Crippen molar-refractivity contribution in [2.45, 2.75) is 32.9 Å². The van der Waals surface area contributed by atoms with Crippen molar-refractivity contribution >= 4 is 10.9 Å². The third kappa shape index (κ3) is 2.24. The molecule has 0 aliphatic carbocycles. The van der Waals surface area contributed by atoms with E-state index in [0.29, 0.717) is 6.54 Å². The van der Waals surface area contributed by atoms with Gasteiger partial charge in [0.1, 0.15) is 0 Å². The van der Waals surface area contributed by atoms with Crippen LogP contribution in [0.4, 0.5) is 0 Å². The number of pyridine rings is 1. The average molecular weight is 230 g/mol. The quantitative estimate of drug-likeness (QED) is 0.877. The number of aryl methyl sites for hydroxylation is 1. The van der Waals surface area contributed by atoms with Crippen molar-refractivity contribution in [3.8, 4) is 0 Å². The third-order valence-electron chi connectivity index (χ3n) is 3.17. The summed E-state index contributed by atoms with van der Waals surface area (Å²) in [6.45, 7) is 4.58. The van der Waals surface area contributed by atoms with Crippen molar-refractivity contribution < 1.29 is 0 Å². The van der Waals surface area contributed by atoms with Crippen molar-refractivity contribution in [2.24, 2.45) is 5.73 Å². The summed E-state index contributed by atoms with van der Waals surface area (Å²) in [5, 5.41) is 1.12. The van der Waals surface area contributed by atoms with Crippen LogP contribution in [-0.4, -0.2) is 10.6 Å². The van der Waals surface area contributed by atoms with Crippen molar-refractivity contribution in [1.82, 2.24) is 4.57 Å². The Balaban J connectivity index is 2.65. The minimum absolute atomic E-state index is 0.0267. The lowest BCUT2D eigenvalue weighted by Crippen LogP contribution is -2.31. The molecule has 0 spiro atoms. The molecule has 1 unspecified atom stereocenters. The molecule has 1 aromatic heterocycles. The lowest BCUT2D eigenvalue weighted by atomic mass is 10.1. The zero-order chi connectivity index (χ0) is 12.4. The van der Waals surface area contributed by atoms with E-state index in [4.69, 9.17) is 5.73 Å². The normalized spacial score (nSPS) is 12.9. The number of nitrogens with zero attached hydrogens (tertiary/aromatic N) is 1. The molecule has 0 fully saturated rings. The number of aromatic nitrogens is 1. The average Bonchev–Trinajstić information content (AvgIpc) is 2.34. The lowest BCUT2D eigenvalue weighted by molar-refractivity contribution is 0.539. The summed E-state index contributed by atoms with van der Waals surface area (Å²) >= 11 is 0. The number of fused-ring (bicyclic) bond motifs is 1. The monoisotopic (exact) mass is 230 g/mol. The van der Waals surface area contributed by atoms with E-state index in [2.05, 4.69) is 0 Å². The highest BCUT2D eigenvalue weighted by Gasteiger charge is 2.08. The summed E-state index contributed by atoms with van der Waals surface area (Å²) in [5.74, 6) is 0. The van der Waals surface area contributed by atoms with Crippen molar-refractivity contribution in [2.75, 3.05) is 0 Å². The van der Waals surface area contributed by atoms with Crippen molar-refractivity contribution in [1.29, 1.82) is 0 Å². The second-order valence-electron chi connectivity index (χ2n) is 4.46. The maximum absolute atomic E-state index is 12.0. The predicted molar refractivity (Wildman–Crippen MR) is 71.2 cm³/mol. The molecule has 0 saturated heterocycles. The molecule has 1 atom stereocenters. The first-order valence-electron chi connectivity index (χ1n) is 5.98. The number of hydrogen-bond donors (Lipinski definition) is 1. The largest absolute Gasteiger partial charge is 0.326 e. The minimum atomic E-state index is 0.0267. The molecule has 2 N–H and O–H groups in total. The summed E-state index contributed by atoms with van der Waals surface area (Å²) in [4.78, 5) is 12.0. The Morgan fingerprint density at radius 2 is 2.06 bits per heavy atom. The van der Waals surface area contributed by atoms with Crippen LogP contribution in [0.5, 0.6) is 0 Å². The number of hydrogen-bond acceptors (Lipinski definition) is 2. The van der Waals surface area contributed by atoms with E-state index in [1.54, 1.807) is 10.6 Å².